The Morgan fingerprint density at radius 2 is 2.36 bits per heavy atom. The van der Waals surface area contributed by atoms with Crippen molar-refractivity contribution in [3.63, 3.8) is 0 Å². The Kier molecular flexibility index (Phi) is 4.62. The molecule has 0 aliphatic carbocycles. The lowest BCUT2D eigenvalue weighted by Gasteiger charge is -2.13. The summed E-state index contributed by atoms with van der Waals surface area (Å²) in [7, 11) is 4.15. The average molecular weight is 196 g/mol. The quantitative estimate of drug-likeness (QED) is 0.671. The summed E-state index contributed by atoms with van der Waals surface area (Å²) in [6.07, 6.45) is 3.73. The number of nitrogens with zero attached hydrogens (tertiary/aromatic N) is 3. The van der Waals surface area contributed by atoms with Crippen LogP contribution in [0.3, 0.4) is 0 Å². The molecule has 0 aliphatic heterocycles. The number of hydrogen-bond acceptors (Lipinski definition) is 3. The zero-order valence-corrected chi connectivity index (χ0v) is 9.32. The van der Waals surface area contributed by atoms with Crippen molar-refractivity contribution in [2.24, 2.45) is 7.05 Å². The van der Waals surface area contributed by atoms with Crippen LogP contribution in [0, 0.1) is 0 Å². The monoisotopic (exact) mass is 196 g/mol. The smallest absolute Gasteiger partial charge is 0.0945 e. The van der Waals surface area contributed by atoms with Crippen LogP contribution in [0.15, 0.2) is 12.5 Å². The first-order chi connectivity index (χ1) is 6.74. The molecule has 0 saturated heterocycles. The van der Waals surface area contributed by atoms with Crippen LogP contribution < -0.4 is 5.32 Å². The van der Waals surface area contributed by atoms with E-state index in [9.17, 15) is 0 Å². The number of likely N-dealkylation sites (N-methyl/N-ethyl adjacent to an activating group) is 1. The first-order valence-electron chi connectivity index (χ1n) is 5.08. The third-order valence-electron chi connectivity index (χ3n) is 2.43. The van der Waals surface area contributed by atoms with Gasteiger partial charge < -0.3 is 14.8 Å². The van der Waals surface area contributed by atoms with Crippen LogP contribution in [0.4, 0.5) is 0 Å². The summed E-state index contributed by atoms with van der Waals surface area (Å²) in [5.41, 5.74) is 1.23. The normalized spacial score (nSPS) is 11.1. The van der Waals surface area contributed by atoms with Crippen molar-refractivity contribution in [3.8, 4) is 0 Å². The van der Waals surface area contributed by atoms with Crippen molar-refractivity contribution in [2.75, 3.05) is 26.7 Å². The average Bonchev–Trinajstić information content (AvgIpc) is 2.58. The molecule has 0 aliphatic rings. The summed E-state index contributed by atoms with van der Waals surface area (Å²) < 4.78 is 2.04. The van der Waals surface area contributed by atoms with Gasteiger partial charge in [0.15, 0.2) is 0 Å². The molecular formula is C10H20N4. The molecule has 1 N–H and O–H groups in total. The minimum atomic E-state index is 0.897. The highest BCUT2D eigenvalue weighted by Crippen LogP contribution is 1.94. The first-order valence-corrected chi connectivity index (χ1v) is 5.08. The lowest BCUT2D eigenvalue weighted by atomic mass is 10.4. The SMILES string of the molecule is CCN(C)CCNCc1cncn1C. The maximum atomic E-state index is 4.06. The van der Waals surface area contributed by atoms with Gasteiger partial charge in [-0.3, -0.25) is 0 Å². The Morgan fingerprint density at radius 1 is 1.57 bits per heavy atom. The van der Waals surface area contributed by atoms with E-state index in [1.165, 1.54) is 5.69 Å². The number of aromatic nitrogens is 2. The molecule has 14 heavy (non-hydrogen) atoms. The van der Waals surface area contributed by atoms with Gasteiger partial charge in [0.25, 0.3) is 0 Å². The number of hydrogen-bond donors (Lipinski definition) is 1. The van der Waals surface area contributed by atoms with Crippen molar-refractivity contribution in [1.82, 2.24) is 19.8 Å². The van der Waals surface area contributed by atoms with Crippen LogP contribution in [0.25, 0.3) is 0 Å². The lowest BCUT2D eigenvalue weighted by Crippen LogP contribution is -2.29. The van der Waals surface area contributed by atoms with Gasteiger partial charge in [-0.15, -0.1) is 0 Å². The molecule has 0 unspecified atom stereocenters. The maximum absolute atomic E-state index is 4.06. The van der Waals surface area contributed by atoms with Crippen molar-refractivity contribution >= 4 is 0 Å². The van der Waals surface area contributed by atoms with E-state index in [1.54, 1.807) is 0 Å². The third-order valence-corrected chi connectivity index (χ3v) is 2.43. The Morgan fingerprint density at radius 3 is 2.93 bits per heavy atom. The van der Waals surface area contributed by atoms with E-state index >= 15 is 0 Å². The molecule has 0 aromatic carbocycles. The number of nitrogens with one attached hydrogen (secondary N) is 1. The highest BCUT2D eigenvalue weighted by Gasteiger charge is 1.97. The van der Waals surface area contributed by atoms with E-state index in [-0.39, 0.29) is 0 Å². The topological polar surface area (TPSA) is 33.1 Å². The van der Waals surface area contributed by atoms with Crippen molar-refractivity contribution in [3.05, 3.63) is 18.2 Å². The van der Waals surface area contributed by atoms with E-state index in [2.05, 4.69) is 29.2 Å². The maximum Gasteiger partial charge on any atom is 0.0945 e. The van der Waals surface area contributed by atoms with Crippen LogP contribution in [-0.4, -0.2) is 41.1 Å². The zero-order chi connectivity index (χ0) is 10.4. The van der Waals surface area contributed by atoms with Gasteiger partial charge in [0.1, 0.15) is 0 Å². The predicted octanol–water partition coefficient (Wildman–Crippen LogP) is 0.461. The van der Waals surface area contributed by atoms with E-state index in [0.29, 0.717) is 0 Å². The van der Waals surface area contributed by atoms with Crippen LogP contribution >= 0.6 is 0 Å². The van der Waals surface area contributed by atoms with E-state index in [0.717, 1.165) is 26.2 Å². The van der Waals surface area contributed by atoms with Gasteiger partial charge in [-0.1, -0.05) is 6.92 Å². The summed E-state index contributed by atoms with van der Waals surface area (Å²) in [6.45, 7) is 6.28. The molecule has 1 rings (SSSR count). The highest BCUT2D eigenvalue weighted by atomic mass is 15.1. The largest absolute Gasteiger partial charge is 0.337 e. The summed E-state index contributed by atoms with van der Waals surface area (Å²) in [4.78, 5) is 6.35. The molecule has 1 heterocycles. The fraction of sp³-hybridized carbons (Fsp3) is 0.700. The molecule has 4 heteroatoms. The Labute approximate surface area is 85.9 Å². The molecule has 1 aromatic heterocycles. The Hall–Kier alpha value is -0.870. The van der Waals surface area contributed by atoms with E-state index < -0.39 is 0 Å². The van der Waals surface area contributed by atoms with Gasteiger partial charge in [0.05, 0.1) is 12.0 Å². The standard InChI is InChI=1S/C10H20N4/c1-4-13(2)6-5-11-7-10-8-12-9-14(10)3/h8-9,11H,4-7H2,1-3H3. The fourth-order valence-corrected chi connectivity index (χ4v) is 1.20. The van der Waals surface area contributed by atoms with E-state index in [4.69, 9.17) is 0 Å². The van der Waals surface area contributed by atoms with Gasteiger partial charge >= 0.3 is 0 Å². The summed E-state index contributed by atoms with van der Waals surface area (Å²) >= 11 is 0. The fourth-order valence-electron chi connectivity index (χ4n) is 1.20. The molecule has 0 spiro atoms. The third kappa shape index (κ3) is 3.47. The van der Waals surface area contributed by atoms with Crippen LogP contribution in [-0.2, 0) is 13.6 Å². The van der Waals surface area contributed by atoms with Gasteiger partial charge in [-0.25, -0.2) is 4.98 Å². The Balaban J connectivity index is 2.13. The van der Waals surface area contributed by atoms with Crippen molar-refractivity contribution in [2.45, 2.75) is 13.5 Å². The summed E-state index contributed by atoms with van der Waals surface area (Å²) in [5, 5.41) is 3.39. The molecule has 0 saturated carbocycles. The second kappa shape index (κ2) is 5.78. The van der Waals surface area contributed by atoms with E-state index in [1.807, 2.05) is 24.1 Å². The van der Waals surface area contributed by atoms with Crippen LogP contribution in [0.2, 0.25) is 0 Å². The van der Waals surface area contributed by atoms with Gasteiger partial charge in [0, 0.05) is 32.9 Å². The molecule has 0 fully saturated rings. The van der Waals surface area contributed by atoms with Gasteiger partial charge in [-0.2, -0.15) is 0 Å². The molecule has 0 amide bonds. The minimum absolute atomic E-state index is 0.897. The van der Waals surface area contributed by atoms with Crippen LogP contribution in [0.5, 0.6) is 0 Å². The second-order valence-electron chi connectivity index (χ2n) is 3.57. The molecule has 4 nitrogen and oxygen atoms in total. The molecule has 80 valence electrons. The molecule has 0 atom stereocenters. The minimum Gasteiger partial charge on any atom is -0.337 e. The number of imidazole rings is 1. The number of rotatable bonds is 6. The summed E-state index contributed by atoms with van der Waals surface area (Å²) in [5.74, 6) is 0. The van der Waals surface area contributed by atoms with Crippen molar-refractivity contribution < 1.29 is 0 Å². The van der Waals surface area contributed by atoms with Gasteiger partial charge in [0.2, 0.25) is 0 Å². The molecule has 1 aromatic rings. The first kappa shape index (κ1) is 11.2. The summed E-state index contributed by atoms with van der Waals surface area (Å²) in [6, 6.07) is 0. The molecule has 0 radical (unpaired) electrons. The van der Waals surface area contributed by atoms with Crippen LogP contribution in [0.1, 0.15) is 12.6 Å². The van der Waals surface area contributed by atoms with Crippen molar-refractivity contribution in [1.29, 1.82) is 0 Å². The lowest BCUT2D eigenvalue weighted by molar-refractivity contribution is 0.348. The predicted molar refractivity (Wildman–Crippen MR) is 58.1 cm³/mol. The zero-order valence-electron chi connectivity index (χ0n) is 9.32. The highest BCUT2D eigenvalue weighted by molar-refractivity contribution is 4.96. The second-order valence-corrected chi connectivity index (χ2v) is 3.57. The Bertz CT molecular complexity index is 256. The molecular weight excluding hydrogens is 176 g/mol. The van der Waals surface area contributed by atoms with Gasteiger partial charge in [-0.05, 0) is 13.6 Å². The number of aryl methyl sites for hydroxylation is 1. The molecule has 0 bridgehead atoms.